The molecule has 0 unspecified atom stereocenters. The highest BCUT2D eigenvalue weighted by Gasteiger charge is 2.18. The van der Waals surface area contributed by atoms with Gasteiger partial charge in [-0.25, -0.2) is 0 Å². The minimum atomic E-state index is 0.559. The number of hydrogen-bond donors (Lipinski definition) is 0. The molecule has 0 spiro atoms. The maximum atomic E-state index is 10.5. The summed E-state index contributed by atoms with van der Waals surface area (Å²) in [6.07, 6.45) is 0. The summed E-state index contributed by atoms with van der Waals surface area (Å²) in [5, 5.41) is 24.1. The predicted molar refractivity (Wildman–Crippen MR) is 167 cm³/mol. The van der Waals surface area contributed by atoms with Crippen LogP contribution in [0.2, 0.25) is 0 Å². The van der Waals surface area contributed by atoms with Crippen LogP contribution in [0.4, 0.5) is 0 Å². The van der Waals surface area contributed by atoms with Crippen molar-refractivity contribution in [1.29, 1.82) is 10.5 Å². The smallest absolute Gasteiger partial charge is 0.136 e. The number of nitrogens with zero attached hydrogens (tertiary/aromatic N) is 2. The molecule has 4 heteroatoms. The molecule has 0 aliphatic rings. The highest BCUT2D eigenvalue weighted by atomic mass is 16.3. The summed E-state index contributed by atoms with van der Waals surface area (Å²) in [4.78, 5) is 0. The summed E-state index contributed by atoms with van der Waals surface area (Å²) in [7, 11) is 0. The Hall–Kier alpha value is -6.10. The quantitative estimate of drug-likeness (QED) is 0.225. The van der Waals surface area contributed by atoms with Gasteiger partial charge in [-0.15, -0.1) is 0 Å². The number of para-hydroxylation sites is 2. The molecule has 194 valence electrons. The fourth-order valence-electron chi connectivity index (χ4n) is 5.91. The Bertz CT molecular complexity index is 2430. The van der Waals surface area contributed by atoms with Crippen molar-refractivity contribution >= 4 is 43.9 Å². The molecule has 0 radical (unpaired) electrons. The van der Waals surface area contributed by atoms with E-state index in [1.165, 1.54) is 0 Å². The van der Waals surface area contributed by atoms with Crippen molar-refractivity contribution in [1.82, 2.24) is 0 Å². The Kier molecular flexibility index (Phi) is 5.22. The minimum absolute atomic E-state index is 0.559. The van der Waals surface area contributed by atoms with E-state index in [4.69, 9.17) is 8.83 Å². The molecule has 0 amide bonds. The number of nitriles is 2. The largest absolute Gasteiger partial charge is 0.456 e. The zero-order valence-corrected chi connectivity index (χ0v) is 22.3. The lowest BCUT2D eigenvalue weighted by atomic mass is 9.88. The van der Waals surface area contributed by atoms with Gasteiger partial charge in [0.2, 0.25) is 0 Å². The van der Waals surface area contributed by atoms with Crippen molar-refractivity contribution in [2.75, 3.05) is 0 Å². The summed E-state index contributed by atoms with van der Waals surface area (Å²) >= 11 is 0. The van der Waals surface area contributed by atoms with E-state index in [9.17, 15) is 10.5 Å². The van der Waals surface area contributed by atoms with Crippen molar-refractivity contribution in [3.8, 4) is 45.5 Å². The Morgan fingerprint density at radius 2 is 0.905 bits per heavy atom. The lowest BCUT2D eigenvalue weighted by Gasteiger charge is -2.14. The molecule has 0 aliphatic heterocycles. The van der Waals surface area contributed by atoms with Gasteiger partial charge in [0.25, 0.3) is 0 Å². The van der Waals surface area contributed by atoms with Gasteiger partial charge in [-0.2, -0.15) is 10.5 Å². The van der Waals surface area contributed by atoms with Crippen LogP contribution in [0.5, 0.6) is 0 Å². The summed E-state index contributed by atoms with van der Waals surface area (Å²) in [6, 6.07) is 44.5. The first-order valence-corrected chi connectivity index (χ1v) is 13.6. The van der Waals surface area contributed by atoms with E-state index in [-0.39, 0.29) is 0 Å². The van der Waals surface area contributed by atoms with Gasteiger partial charge in [0.1, 0.15) is 28.4 Å². The number of furan rings is 2. The topological polar surface area (TPSA) is 73.9 Å². The van der Waals surface area contributed by atoms with Gasteiger partial charge in [0.15, 0.2) is 0 Å². The lowest BCUT2D eigenvalue weighted by Crippen LogP contribution is -1.93. The lowest BCUT2D eigenvalue weighted by molar-refractivity contribution is 0.668. The molecule has 2 heterocycles. The van der Waals surface area contributed by atoms with Crippen molar-refractivity contribution in [3.05, 3.63) is 132 Å². The first-order chi connectivity index (χ1) is 20.7. The average Bonchev–Trinajstić information content (AvgIpc) is 3.61. The molecule has 6 aromatic carbocycles. The Balaban J connectivity index is 1.38. The average molecular weight is 537 g/mol. The second-order valence-electron chi connectivity index (χ2n) is 10.4. The zero-order valence-electron chi connectivity index (χ0n) is 22.3. The molecule has 2 aromatic heterocycles. The van der Waals surface area contributed by atoms with Crippen LogP contribution in [0.3, 0.4) is 0 Å². The van der Waals surface area contributed by atoms with Crippen molar-refractivity contribution in [2.24, 2.45) is 0 Å². The van der Waals surface area contributed by atoms with Gasteiger partial charge in [0.05, 0.1) is 17.2 Å². The van der Waals surface area contributed by atoms with Gasteiger partial charge in [-0.05, 0) is 82.9 Å². The van der Waals surface area contributed by atoms with Crippen molar-refractivity contribution in [3.63, 3.8) is 0 Å². The van der Waals surface area contributed by atoms with E-state index in [0.717, 1.165) is 77.3 Å². The van der Waals surface area contributed by atoms with E-state index < -0.39 is 0 Å². The molecule has 0 fully saturated rings. The zero-order chi connectivity index (χ0) is 28.2. The normalized spacial score (nSPS) is 11.3. The molecule has 8 aromatic rings. The summed E-state index contributed by atoms with van der Waals surface area (Å²) in [5.74, 6) is 0. The SMILES string of the molecule is N#Cc1ccc(-c2cc(-c3ccc4c(c3)oc3ccccc34)cc(-c3ccc4c(c3)oc3ccccc34)c2C#N)cc1. The molecule has 42 heavy (non-hydrogen) atoms. The molecule has 0 saturated carbocycles. The molecule has 0 atom stereocenters. The Labute approximate surface area is 240 Å². The number of fused-ring (bicyclic) bond motifs is 6. The Morgan fingerprint density at radius 3 is 1.50 bits per heavy atom. The molecule has 8 rings (SSSR count). The summed E-state index contributed by atoms with van der Waals surface area (Å²) in [6.45, 7) is 0. The van der Waals surface area contributed by atoms with Crippen LogP contribution >= 0.6 is 0 Å². The first-order valence-electron chi connectivity index (χ1n) is 13.6. The van der Waals surface area contributed by atoms with Crippen LogP contribution in [0.15, 0.2) is 130 Å². The van der Waals surface area contributed by atoms with Gasteiger partial charge < -0.3 is 8.83 Å². The fraction of sp³-hybridized carbons (Fsp3) is 0. The summed E-state index contributed by atoms with van der Waals surface area (Å²) < 4.78 is 12.4. The number of hydrogen-bond acceptors (Lipinski definition) is 4. The third kappa shape index (κ3) is 3.68. The number of benzene rings is 6. The van der Waals surface area contributed by atoms with Gasteiger partial charge in [-0.3, -0.25) is 0 Å². The third-order valence-corrected chi connectivity index (χ3v) is 7.98. The minimum Gasteiger partial charge on any atom is -0.456 e. The molecule has 0 bridgehead atoms. The molecule has 0 N–H and O–H groups in total. The molecular formula is C38H20N2O2. The monoisotopic (exact) mass is 536 g/mol. The second kappa shape index (κ2) is 9.24. The highest BCUT2D eigenvalue weighted by molar-refractivity contribution is 6.07. The maximum Gasteiger partial charge on any atom is 0.136 e. The van der Waals surface area contributed by atoms with E-state index >= 15 is 0 Å². The van der Waals surface area contributed by atoms with Crippen LogP contribution in [-0.4, -0.2) is 0 Å². The van der Waals surface area contributed by atoms with Gasteiger partial charge in [-0.1, -0.05) is 60.7 Å². The summed E-state index contributed by atoms with van der Waals surface area (Å²) in [5.41, 5.74) is 9.67. The highest BCUT2D eigenvalue weighted by Crippen LogP contribution is 2.40. The van der Waals surface area contributed by atoms with Crippen LogP contribution in [0, 0.1) is 22.7 Å². The number of rotatable bonds is 3. The fourth-order valence-corrected chi connectivity index (χ4v) is 5.91. The first kappa shape index (κ1) is 23.8. The van der Waals surface area contributed by atoms with Crippen molar-refractivity contribution < 1.29 is 8.83 Å². The van der Waals surface area contributed by atoms with Crippen LogP contribution in [0.1, 0.15) is 11.1 Å². The van der Waals surface area contributed by atoms with Crippen molar-refractivity contribution in [2.45, 2.75) is 0 Å². The van der Waals surface area contributed by atoms with Gasteiger partial charge in [0, 0.05) is 32.7 Å². The second-order valence-corrected chi connectivity index (χ2v) is 10.4. The molecule has 4 nitrogen and oxygen atoms in total. The van der Waals surface area contributed by atoms with E-state index in [2.05, 4.69) is 60.7 Å². The van der Waals surface area contributed by atoms with E-state index in [1.807, 2.05) is 60.7 Å². The molecule has 0 saturated heterocycles. The van der Waals surface area contributed by atoms with Crippen LogP contribution in [0.25, 0.3) is 77.3 Å². The van der Waals surface area contributed by atoms with E-state index in [0.29, 0.717) is 11.1 Å². The maximum absolute atomic E-state index is 10.5. The standard InChI is InChI=1S/C38H20N2O2/c39-21-23-9-11-24(12-10-23)32-17-27(25-13-15-30-28-5-1-3-7-35(28)41-37(30)19-25)18-33(34(32)22-40)26-14-16-31-29-6-2-4-8-36(29)42-38(31)20-26/h1-20H. The van der Waals surface area contributed by atoms with Crippen LogP contribution < -0.4 is 0 Å². The predicted octanol–water partition coefficient (Wildman–Crippen LogP) is 10.2. The van der Waals surface area contributed by atoms with E-state index in [1.54, 1.807) is 12.1 Å². The molecule has 0 aliphatic carbocycles. The third-order valence-electron chi connectivity index (χ3n) is 7.98. The van der Waals surface area contributed by atoms with Crippen LogP contribution in [-0.2, 0) is 0 Å². The molecular weight excluding hydrogens is 516 g/mol. The Morgan fingerprint density at radius 1 is 0.405 bits per heavy atom. The van der Waals surface area contributed by atoms with Gasteiger partial charge >= 0.3 is 0 Å².